The minimum absolute atomic E-state index is 0.0821. The zero-order chi connectivity index (χ0) is 14.0. The van der Waals surface area contributed by atoms with Gasteiger partial charge in [0.25, 0.3) is 0 Å². The standard InChI is InChI=1S/C11H25N3O3S/c1-5-12-11(14-10(3)9-17-4)13-7-8-18(15,16)6-2/h10H,5-9H2,1-4H3,(H2,12,13,14). The average Bonchev–Trinajstić information content (AvgIpc) is 2.29. The largest absolute Gasteiger partial charge is 0.383 e. The summed E-state index contributed by atoms with van der Waals surface area (Å²) < 4.78 is 27.7. The maximum absolute atomic E-state index is 11.3. The number of ether oxygens (including phenoxy) is 1. The second-order valence-corrected chi connectivity index (χ2v) is 6.47. The lowest BCUT2D eigenvalue weighted by Gasteiger charge is -2.16. The molecule has 0 bridgehead atoms. The molecule has 0 spiro atoms. The van der Waals surface area contributed by atoms with Gasteiger partial charge in [-0.1, -0.05) is 6.92 Å². The van der Waals surface area contributed by atoms with Crippen molar-refractivity contribution in [1.29, 1.82) is 0 Å². The number of nitrogens with zero attached hydrogens (tertiary/aromatic N) is 1. The van der Waals surface area contributed by atoms with Gasteiger partial charge in [0.2, 0.25) is 0 Å². The number of sulfone groups is 1. The van der Waals surface area contributed by atoms with Gasteiger partial charge in [-0.3, -0.25) is 4.99 Å². The van der Waals surface area contributed by atoms with E-state index in [1.54, 1.807) is 14.0 Å². The van der Waals surface area contributed by atoms with E-state index in [0.717, 1.165) is 6.54 Å². The molecule has 0 heterocycles. The van der Waals surface area contributed by atoms with Gasteiger partial charge >= 0.3 is 0 Å². The van der Waals surface area contributed by atoms with Gasteiger partial charge in [-0.25, -0.2) is 8.42 Å². The molecule has 0 radical (unpaired) electrons. The molecule has 0 aliphatic heterocycles. The molecule has 0 aromatic heterocycles. The third kappa shape index (κ3) is 8.30. The number of methoxy groups -OCH3 is 1. The van der Waals surface area contributed by atoms with Gasteiger partial charge in [-0.15, -0.1) is 0 Å². The van der Waals surface area contributed by atoms with Crippen LogP contribution in [-0.2, 0) is 14.6 Å². The van der Waals surface area contributed by atoms with E-state index < -0.39 is 9.84 Å². The van der Waals surface area contributed by atoms with Crippen LogP contribution in [0.1, 0.15) is 20.8 Å². The Morgan fingerprint density at radius 3 is 2.56 bits per heavy atom. The van der Waals surface area contributed by atoms with Crippen LogP contribution < -0.4 is 10.6 Å². The Labute approximate surface area is 110 Å². The number of hydrogen-bond donors (Lipinski definition) is 2. The zero-order valence-corrected chi connectivity index (χ0v) is 12.5. The van der Waals surface area contributed by atoms with Crippen LogP contribution in [0.15, 0.2) is 4.99 Å². The molecule has 7 heteroatoms. The Morgan fingerprint density at radius 2 is 2.06 bits per heavy atom. The molecular weight excluding hydrogens is 254 g/mol. The maximum Gasteiger partial charge on any atom is 0.191 e. The summed E-state index contributed by atoms with van der Waals surface area (Å²) in [5, 5.41) is 6.21. The summed E-state index contributed by atoms with van der Waals surface area (Å²) in [6.07, 6.45) is 0. The van der Waals surface area contributed by atoms with E-state index in [9.17, 15) is 8.42 Å². The summed E-state index contributed by atoms with van der Waals surface area (Å²) in [4.78, 5) is 4.23. The van der Waals surface area contributed by atoms with Crippen molar-refractivity contribution in [2.24, 2.45) is 4.99 Å². The molecule has 1 atom stereocenters. The van der Waals surface area contributed by atoms with Crippen LogP contribution in [0.4, 0.5) is 0 Å². The highest BCUT2D eigenvalue weighted by atomic mass is 32.2. The molecule has 0 fully saturated rings. The molecule has 0 aromatic rings. The van der Waals surface area contributed by atoms with E-state index in [1.165, 1.54) is 0 Å². The molecule has 0 saturated carbocycles. The lowest BCUT2D eigenvalue weighted by molar-refractivity contribution is 0.179. The van der Waals surface area contributed by atoms with Crippen molar-refractivity contribution in [3.63, 3.8) is 0 Å². The molecule has 0 rings (SSSR count). The molecule has 18 heavy (non-hydrogen) atoms. The molecule has 0 amide bonds. The number of rotatable bonds is 8. The van der Waals surface area contributed by atoms with Gasteiger partial charge in [0.15, 0.2) is 15.8 Å². The Hall–Kier alpha value is -0.820. The molecule has 0 aromatic carbocycles. The van der Waals surface area contributed by atoms with Crippen molar-refractivity contribution in [2.45, 2.75) is 26.8 Å². The molecule has 0 aliphatic carbocycles. The quantitative estimate of drug-likeness (QED) is 0.483. The van der Waals surface area contributed by atoms with Crippen molar-refractivity contribution in [1.82, 2.24) is 10.6 Å². The van der Waals surface area contributed by atoms with Gasteiger partial charge in [-0.05, 0) is 13.8 Å². The lowest BCUT2D eigenvalue weighted by Crippen LogP contribution is -2.44. The normalized spacial score (nSPS) is 14.3. The first-order valence-corrected chi connectivity index (χ1v) is 8.01. The van der Waals surface area contributed by atoms with Gasteiger partial charge in [0.1, 0.15) is 0 Å². The van der Waals surface area contributed by atoms with Crippen molar-refractivity contribution < 1.29 is 13.2 Å². The van der Waals surface area contributed by atoms with Crippen LogP contribution in [0, 0.1) is 0 Å². The fourth-order valence-electron chi connectivity index (χ4n) is 1.29. The smallest absolute Gasteiger partial charge is 0.191 e. The Balaban J connectivity index is 4.31. The first-order chi connectivity index (χ1) is 8.45. The Morgan fingerprint density at radius 1 is 1.39 bits per heavy atom. The second kappa shape index (κ2) is 9.16. The van der Waals surface area contributed by atoms with Crippen molar-refractivity contribution in [3.05, 3.63) is 0 Å². The topological polar surface area (TPSA) is 79.8 Å². The predicted octanol–water partition coefficient (Wildman–Crippen LogP) is 0.0111. The first-order valence-electron chi connectivity index (χ1n) is 6.19. The summed E-state index contributed by atoms with van der Waals surface area (Å²) in [6.45, 7) is 7.14. The summed E-state index contributed by atoms with van der Waals surface area (Å²) in [6, 6.07) is 0.121. The van der Waals surface area contributed by atoms with Crippen LogP contribution in [0.2, 0.25) is 0 Å². The third-order valence-electron chi connectivity index (χ3n) is 2.26. The Kier molecular flexibility index (Phi) is 8.74. The highest BCUT2D eigenvalue weighted by Crippen LogP contribution is 1.90. The SMILES string of the molecule is CCNC(=NCCS(=O)(=O)CC)NC(C)COC. The predicted molar refractivity (Wildman–Crippen MR) is 74.8 cm³/mol. The van der Waals surface area contributed by atoms with Crippen molar-refractivity contribution in [2.75, 3.05) is 38.3 Å². The van der Waals surface area contributed by atoms with Gasteiger partial charge in [-0.2, -0.15) is 0 Å². The average molecular weight is 279 g/mol. The molecule has 1 unspecified atom stereocenters. The molecule has 0 aliphatic rings. The Bertz CT molecular complexity index is 341. The van der Waals surface area contributed by atoms with E-state index in [-0.39, 0.29) is 24.1 Å². The third-order valence-corrected chi connectivity index (χ3v) is 3.94. The minimum atomic E-state index is -2.96. The van der Waals surface area contributed by atoms with Gasteiger partial charge < -0.3 is 15.4 Å². The molecule has 0 saturated heterocycles. The van der Waals surface area contributed by atoms with Crippen LogP contribution in [0.25, 0.3) is 0 Å². The monoisotopic (exact) mass is 279 g/mol. The number of guanidine groups is 1. The maximum atomic E-state index is 11.3. The summed E-state index contributed by atoms with van der Waals surface area (Å²) >= 11 is 0. The summed E-state index contributed by atoms with van der Waals surface area (Å²) in [5.74, 6) is 0.860. The van der Waals surface area contributed by atoms with Gasteiger partial charge in [0, 0.05) is 25.4 Å². The van der Waals surface area contributed by atoms with E-state index in [1.807, 2.05) is 13.8 Å². The molecule has 6 nitrogen and oxygen atoms in total. The van der Waals surface area contributed by atoms with Gasteiger partial charge in [0.05, 0.1) is 18.9 Å². The molecule has 108 valence electrons. The minimum Gasteiger partial charge on any atom is -0.383 e. The fourth-order valence-corrected chi connectivity index (χ4v) is 1.94. The van der Waals surface area contributed by atoms with E-state index in [0.29, 0.717) is 12.6 Å². The van der Waals surface area contributed by atoms with E-state index >= 15 is 0 Å². The molecular formula is C11H25N3O3S. The summed E-state index contributed by atoms with van der Waals surface area (Å²) in [7, 11) is -1.32. The second-order valence-electron chi connectivity index (χ2n) is 4.00. The summed E-state index contributed by atoms with van der Waals surface area (Å²) in [5.41, 5.74) is 0. The molecule has 2 N–H and O–H groups in total. The van der Waals surface area contributed by atoms with Crippen molar-refractivity contribution in [3.8, 4) is 0 Å². The van der Waals surface area contributed by atoms with Crippen molar-refractivity contribution >= 4 is 15.8 Å². The van der Waals surface area contributed by atoms with Crippen LogP contribution in [0.3, 0.4) is 0 Å². The number of aliphatic imine (C=N–C) groups is 1. The van der Waals surface area contributed by atoms with Crippen LogP contribution in [0.5, 0.6) is 0 Å². The van der Waals surface area contributed by atoms with Crippen LogP contribution in [-0.4, -0.2) is 58.7 Å². The highest BCUT2D eigenvalue weighted by Gasteiger charge is 2.07. The fraction of sp³-hybridized carbons (Fsp3) is 0.909. The zero-order valence-electron chi connectivity index (χ0n) is 11.7. The number of nitrogens with one attached hydrogen (secondary N) is 2. The number of hydrogen-bond acceptors (Lipinski definition) is 4. The van der Waals surface area contributed by atoms with E-state index in [2.05, 4.69) is 15.6 Å². The van der Waals surface area contributed by atoms with E-state index in [4.69, 9.17) is 4.74 Å². The lowest BCUT2D eigenvalue weighted by atomic mass is 10.4. The highest BCUT2D eigenvalue weighted by molar-refractivity contribution is 7.91. The first kappa shape index (κ1) is 17.2. The van der Waals surface area contributed by atoms with Crippen LogP contribution >= 0.6 is 0 Å².